The summed E-state index contributed by atoms with van der Waals surface area (Å²) in [5, 5.41) is 2.17. The molecule has 1 aliphatic rings. The van der Waals surface area contributed by atoms with Gasteiger partial charge in [-0.15, -0.1) is 6.58 Å². The van der Waals surface area contributed by atoms with E-state index in [2.05, 4.69) is 102 Å². The van der Waals surface area contributed by atoms with Crippen LogP contribution in [0.5, 0.6) is 0 Å². The van der Waals surface area contributed by atoms with Crippen molar-refractivity contribution in [2.45, 2.75) is 96.9 Å². The Morgan fingerprint density at radius 3 is 2.15 bits per heavy atom. The van der Waals surface area contributed by atoms with E-state index in [4.69, 9.17) is 13.6 Å². The van der Waals surface area contributed by atoms with Crippen molar-refractivity contribution < 1.29 is 13.6 Å². The van der Waals surface area contributed by atoms with E-state index in [1.165, 1.54) is 11.6 Å². The fourth-order valence-electron chi connectivity index (χ4n) is 5.43. The molecule has 0 N–H and O–H groups in total. The van der Waals surface area contributed by atoms with Crippen LogP contribution in [0.15, 0.2) is 85.0 Å². The van der Waals surface area contributed by atoms with Gasteiger partial charge in [0.2, 0.25) is 0 Å². The second kappa shape index (κ2) is 14.6. The van der Waals surface area contributed by atoms with E-state index in [9.17, 15) is 0 Å². The lowest BCUT2D eigenvalue weighted by Gasteiger charge is -2.37. The van der Waals surface area contributed by atoms with Crippen molar-refractivity contribution in [2.75, 3.05) is 6.61 Å². The van der Waals surface area contributed by atoms with Gasteiger partial charge in [-0.1, -0.05) is 117 Å². The topological polar surface area (TPSA) is 27.7 Å². The molecule has 0 saturated carbocycles. The van der Waals surface area contributed by atoms with Crippen molar-refractivity contribution in [3.63, 3.8) is 0 Å². The SMILES string of the molecule is C=C(C[C@H](C)C[C@@H]1CC=C[C@@H](CC#CCO[Si](OC(C)(C)C)(c2ccccc2)c2ccccc2)O1)C[Si](C)(C)C. The molecule has 40 heavy (non-hydrogen) atoms. The molecule has 0 bridgehead atoms. The van der Waals surface area contributed by atoms with E-state index < -0.39 is 16.6 Å². The fourth-order valence-corrected chi connectivity index (χ4v) is 10.4. The number of hydrogen-bond donors (Lipinski definition) is 0. The Kier molecular flexibility index (Phi) is 11.8. The summed E-state index contributed by atoms with van der Waals surface area (Å²) in [7, 11) is -4.09. The van der Waals surface area contributed by atoms with E-state index in [0.717, 1.165) is 29.6 Å². The summed E-state index contributed by atoms with van der Waals surface area (Å²) in [6.45, 7) is 20.5. The molecular weight excluding hydrogens is 525 g/mol. The summed E-state index contributed by atoms with van der Waals surface area (Å²) in [6.07, 6.45) is 8.51. The third kappa shape index (κ3) is 10.6. The van der Waals surface area contributed by atoms with Gasteiger partial charge in [-0.3, -0.25) is 0 Å². The molecule has 0 saturated heterocycles. The summed E-state index contributed by atoms with van der Waals surface area (Å²) in [5.74, 6) is 7.19. The average Bonchev–Trinajstić information content (AvgIpc) is 2.87. The fraction of sp³-hybridized carbons (Fsp3) is 0.486. The van der Waals surface area contributed by atoms with Crippen LogP contribution in [0.1, 0.15) is 53.4 Å². The van der Waals surface area contributed by atoms with E-state index in [1.54, 1.807) is 0 Å². The molecule has 0 radical (unpaired) electrons. The van der Waals surface area contributed by atoms with Gasteiger partial charge < -0.3 is 13.6 Å². The monoisotopic (exact) mass is 574 g/mol. The van der Waals surface area contributed by atoms with E-state index >= 15 is 0 Å². The smallest absolute Gasteiger partial charge is 0.383 e. The lowest BCUT2D eigenvalue weighted by atomic mass is 9.94. The molecule has 0 spiro atoms. The maximum absolute atomic E-state index is 6.81. The minimum atomic E-state index is -2.98. The Morgan fingerprint density at radius 2 is 1.60 bits per heavy atom. The van der Waals surface area contributed by atoms with Crippen molar-refractivity contribution in [1.29, 1.82) is 0 Å². The lowest BCUT2D eigenvalue weighted by molar-refractivity contribution is -0.00327. The third-order valence-corrected chi connectivity index (χ3v) is 11.9. The lowest BCUT2D eigenvalue weighted by Crippen LogP contribution is -2.65. The zero-order valence-electron chi connectivity index (χ0n) is 25.8. The van der Waals surface area contributed by atoms with Crippen molar-refractivity contribution >= 4 is 27.0 Å². The number of benzene rings is 2. The van der Waals surface area contributed by atoms with Gasteiger partial charge in [-0.25, -0.2) is 0 Å². The maximum Gasteiger partial charge on any atom is 0.408 e. The van der Waals surface area contributed by atoms with Gasteiger partial charge in [0.1, 0.15) is 0 Å². The minimum absolute atomic E-state index is 0.0275. The molecule has 3 atom stereocenters. The van der Waals surface area contributed by atoms with Gasteiger partial charge in [-0.2, -0.15) is 0 Å². The quantitative estimate of drug-likeness (QED) is 0.149. The molecule has 3 rings (SSSR count). The predicted molar refractivity (Wildman–Crippen MR) is 175 cm³/mol. The highest BCUT2D eigenvalue weighted by molar-refractivity contribution is 6.92. The van der Waals surface area contributed by atoms with Crippen LogP contribution in [-0.2, 0) is 13.6 Å². The third-order valence-electron chi connectivity index (χ3n) is 6.73. The van der Waals surface area contributed by atoms with E-state index in [-0.39, 0.29) is 17.8 Å². The molecule has 0 aromatic heterocycles. The Hall–Kier alpha value is -2.21. The van der Waals surface area contributed by atoms with Crippen molar-refractivity contribution in [3.8, 4) is 11.8 Å². The molecule has 0 aliphatic carbocycles. The largest absolute Gasteiger partial charge is 0.408 e. The number of ether oxygens (including phenoxy) is 1. The molecule has 1 aliphatic heterocycles. The summed E-state index contributed by atoms with van der Waals surface area (Å²) in [6, 6.07) is 21.9. The summed E-state index contributed by atoms with van der Waals surface area (Å²) < 4.78 is 19.9. The van der Waals surface area contributed by atoms with Crippen LogP contribution in [0.25, 0.3) is 0 Å². The zero-order chi connectivity index (χ0) is 29.2. The molecule has 0 amide bonds. The van der Waals surface area contributed by atoms with Crippen LogP contribution in [-0.4, -0.2) is 41.1 Å². The molecule has 0 fully saturated rings. The summed E-state index contributed by atoms with van der Waals surface area (Å²) in [5.41, 5.74) is 1.03. The Balaban J connectivity index is 1.62. The highest BCUT2D eigenvalue weighted by Crippen LogP contribution is 2.27. The zero-order valence-corrected chi connectivity index (χ0v) is 27.8. The van der Waals surface area contributed by atoms with Gasteiger partial charge >= 0.3 is 8.56 Å². The number of rotatable bonds is 12. The van der Waals surface area contributed by atoms with Gasteiger partial charge in [0, 0.05) is 14.5 Å². The number of allylic oxidation sites excluding steroid dienone is 1. The van der Waals surface area contributed by atoms with Crippen LogP contribution in [0.3, 0.4) is 0 Å². The van der Waals surface area contributed by atoms with Gasteiger partial charge in [0.25, 0.3) is 0 Å². The van der Waals surface area contributed by atoms with E-state index in [1.807, 2.05) is 36.4 Å². The molecule has 2 aromatic rings. The van der Waals surface area contributed by atoms with Crippen LogP contribution in [0.4, 0.5) is 0 Å². The Morgan fingerprint density at radius 1 is 1.00 bits per heavy atom. The first-order chi connectivity index (χ1) is 18.9. The highest BCUT2D eigenvalue weighted by atomic mass is 28.4. The molecule has 5 heteroatoms. The second-order valence-electron chi connectivity index (χ2n) is 13.4. The highest BCUT2D eigenvalue weighted by Gasteiger charge is 2.45. The molecule has 1 heterocycles. The van der Waals surface area contributed by atoms with Crippen LogP contribution in [0, 0.1) is 17.8 Å². The molecule has 216 valence electrons. The maximum atomic E-state index is 6.81. The molecular formula is C35H50O3Si2. The van der Waals surface area contributed by atoms with Crippen molar-refractivity contribution in [3.05, 3.63) is 85.0 Å². The number of hydrogen-bond acceptors (Lipinski definition) is 3. The minimum Gasteiger partial charge on any atom is -0.383 e. The van der Waals surface area contributed by atoms with Gasteiger partial charge in [0.15, 0.2) is 0 Å². The first-order valence-corrected chi connectivity index (χ1v) is 20.3. The molecule has 0 unspecified atom stereocenters. The van der Waals surface area contributed by atoms with Crippen molar-refractivity contribution in [2.24, 2.45) is 5.92 Å². The second-order valence-corrected chi connectivity index (χ2v) is 21.8. The van der Waals surface area contributed by atoms with Crippen molar-refractivity contribution in [1.82, 2.24) is 0 Å². The van der Waals surface area contributed by atoms with E-state index in [0.29, 0.717) is 18.9 Å². The first kappa shape index (κ1) is 32.3. The Bertz CT molecular complexity index is 1110. The van der Waals surface area contributed by atoms with Crippen LogP contribution >= 0.6 is 0 Å². The van der Waals surface area contributed by atoms with Crippen LogP contribution < -0.4 is 10.4 Å². The summed E-state index contributed by atoms with van der Waals surface area (Å²) >= 11 is 0. The van der Waals surface area contributed by atoms with Gasteiger partial charge in [-0.05, 0) is 62.4 Å². The summed E-state index contributed by atoms with van der Waals surface area (Å²) in [4.78, 5) is 0. The first-order valence-electron chi connectivity index (χ1n) is 14.8. The average molecular weight is 575 g/mol. The normalized spacial score (nSPS) is 18.6. The predicted octanol–water partition coefficient (Wildman–Crippen LogP) is 7.49. The molecule has 2 aromatic carbocycles. The van der Waals surface area contributed by atoms with Crippen LogP contribution in [0.2, 0.25) is 25.7 Å². The Labute approximate surface area is 246 Å². The standard InChI is InChI=1S/C35H50O3Si2/c1-29(26-30(2)28-39(6,7)8)27-32-20-17-19-31(37-32)18-15-16-25-36-40(38-35(3,4)5,33-21-11-9-12-22-33)34-23-13-10-14-24-34/h9-14,17,19,21-24,29,31-32H,2,18,20,25-28H2,1,3-8H3/t29-,31+,32-/m0/s1. The van der Waals surface area contributed by atoms with Gasteiger partial charge in [0.05, 0.1) is 24.4 Å². The molecule has 3 nitrogen and oxygen atoms in total.